The first-order valence-corrected chi connectivity index (χ1v) is 8.00. The molecule has 23 heavy (non-hydrogen) atoms. The topological polar surface area (TPSA) is 55.6 Å². The summed E-state index contributed by atoms with van der Waals surface area (Å²) in [6.07, 6.45) is 3.32. The minimum Gasteiger partial charge on any atom is -0.435 e. The molecule has 4 unspecified atom stereocenters. The van der Waals surface area contributed by atoms with E-state index in [4.69, 9.17) is 5.73 Å². The van der Waals surface area contributed by atoms with Crippen LogP contribution < -0.4 is 10.5 Å². The monoisotopic (exact) mass is 324 g/mol. The Hall–Kier alpha value is -1.69. The number of alkyl halides is 2. The van der Waals surface area contributed by atoms with Crippen molar-refractivity contribution in [1.29, 1.82) is 0 Å². The predicted molar refractivity (Wildman–Crippen MR) is 81.8 cm³/mol. The molecule has 0 aliphatic heterocycles. The van der Waals surface area contributed by atoms with E-state index in [1.165, 1.54) is 12.1 Å². The third-order valence-electron chi connectivity index (χ3n) is 5.21. The van der Waals surface area contributed by atoms with E-state index in [1.807, 2.05) is 0 Å². The van der Waals surface area contributed by atoms with Crippen LogP contribution in [0.2, 0.25) is 0 Å². The molecule has 3 rings (SSSR count). The van der Waals surface area contributed by atoms with Crippen LogP contribution in [0.3, 0.4) is 0 Å². The quantitative estimate of drug-likeness (QED) is 0.906. The Balaban J connectivity index is 1.60. The third-order valence-corrected chi connectivity index (χ3v) is 5.21. The van der Waals surface area contributed by atoms with E-state index in [1.54, 1.807) is 24.1 Å². The number of benzene rings is 1. The van der Waals surface area contributed by atoms with Crippen LogP contribution in [0, 0.1) is 17.8 Å². The van der Waals surface area contributed by atoms with Crippen LogP contribution in [0.4, 0.5) is 8.78 Å². The summed E-state index contributed by atoms with van der Waals surface area (Å²) in [5, 5.41) is 0. The predicted octanol–water partition coefficient (Wildman–Crippen LogP) is 2.62. The van der Waals surface area contributed by atoms with E-state index in [0.717, 1.165) is 24.8 Å². The van der Waals surface area contributed by atoms with Crippen molar-refractivity contribution in [2.75, 3.05) is 7.05 Å². The molecule has 2 N–H and O–H groups in total. The van der Waals surface area contributed by atoms with Crippen molar-refractivity contribution in [3.63, 3.8) is 0 Å². The van der Waals surface area contributed by atoms with Gasteiger partial charge in [0.15, 0.2) is 0 Å². The van der Waals surface area contributed by atoms with Crippen LogP contribution in [0.1, 0.15) is 24.8 Å². The second kappa shape index (κ2) is 6.43. The number of nitrogens with two attached hydrogens (primary N) is 1. The third kappa shape index (κ3) is 3.32. The lowest BCUT2D eigenvalue weighted by Crippen LogP contribution is -2.45. The summed E-state index contributed by atoms with van der Waals surface area (Å²) in [6.45, 7) is -2.39. The van der Waals surface area contributed by atoms with Gasteiger partial charge in [-0.25, -0.2) is 0 Å². The molecule has 4 nitrogen and oxygen atoms in total. The van der Waals surface area contributed by atoms with E-state index < -0.39 is 6.61 Å². The maximum absolute atomic E-state index is 12.7. The van der Waals surface area contributed by atoms with Crippen molar-refractivity contribution in [2.45, 2.75) is 38.5 Å². The number of hydrogen-bond donors (Lipinski definition) is 1. The summed E-state index contributed by atoms with van der Waals surface area (Å²) < 4.78 is 28.6. The Morgan fingerprint density at radius 3 is 2.52 bits per heavy atom. The summed E-state index contributed by atoms with van der Waals surface area (Å²) >= 11 is 0. The van der Waals surface area contributed by atoms with Crippen LogP contribution in [0.5, 0.6) is 5.75 Å². The number of halogens is 2. The molecule has 0 aromatic heterocycles. The van der Waals surface area contributed by atoms with E-state index in [0.29, 0.717) is 18.4 Å². The molecule has 1 amide bonds. The zero-order valence-electron chi connectivity index (χ0n) is 13.1. The lowest BCUT2D eigenvalue weighted by atomic mass is 9.84. The van der Waals surface area contributed by atoms with Gasteiger partial charge in [-0.15, -0.1) is 0 Å². The normalized spacial score (nSPS) is 29.1. The highest BCUT2D eigenvalue weighted by Gasteiger charge is 2.49. The first-order chi connectivity index (χ1) is 11.0. The molecule has 0 spiro atoms. The van der Waals surface area contributed by atoms with Gasteiger partial charge in [0, 0.05) is 19.6 Å². The number of carbonyl (C=O) groups excluding carboxylic acids is 1. The zero-order chi connectivity index (χ0) is 16.6. The van der Waals surface area contributed by atoms with Gasteiger partial charge in [0.25, 0.3) is 0 Å². The molecule has 0 radical (unpaired) electrons. The Labute approximate surface area is 134 Å². The number of rotatable bonds is 5. The average Bonchev–Trinajstić information content (AvgIpc) is 3.09. The number of amides is 1. The summed E-state index contributed by atoms with van der Waals surface area (Å²) in [7, 11) is 1.77. The van der Waals surface area contributed by atoms with E-state index in [-0.39, 0.29) is 23.6 Å². The van der Waals surface area contributed by atoms with Crippen LogP contribution in [0.15, 0.2) is 24.3 Å². The molecule has 1 aromatic rings. The van der Waals surface area contributed by atoms with Crippen LogP contribution in [0.25, 0.3) is 0 Å². The second-order valence-electron chi connectivity index (χ2n) is 6.65. The highest BCUT2D eigenvalue weighted by Crippen LogP contribution is 2.48. The van der Waals surface area contributed by atoms with E-state index in [2.05, 4.69) is 4.74 Å². The largest absolute Gasteiger partial charge is 0.435 e. The smallest absolute Gasteiger partial charge is 0.387 e. The van der Waals surface area contributed by atoms with E-state index in [9.17, 15) is 13.6 Å². The van der Waals surface area contributed by atoms with Gasteiger partial charge in [-0.1, -0.05) is 12.1 Å². The van der Waals surface area contributed by atoms with Crippen molar-refractivity contribution in [2.24, 2.45) is 23.5 Å². The Kier molecular flexibility index (Phi) is 4.53. The van der Waals surface area contributed by atoms with Gasteiger partial charge in [-0.2, -0.15) is 8.78 Å². The van der Waals surface area contributed by atoms with Gasteiger partial charge in [0.2, 0.25) is 5.91 Å². The zero-order valence-corrected chi connectivity index (χ0v) is 13.1. The van der Waals surface area contributed by atoms with Crippen molar-refractivity contribution in [3.8, 4) is 5.75 Å². The highest BCUT2D eigenvalue weighted by atomic mass is 19.3. The maximum Gasteiger partial charge on any atom is 0.387 e. The molecule has 1 aromatic carbocycles. The SMILES string of the molecule is CN(Cc1ccc(OC(F)F)cc1)C(=O)C1C2CCC(C2)C1N. The molecule has 2 saturated carbocycles. The second-order valence-corrected chi connectivity index (χ2v) is 6.65. The number of ether oxygens (including phenoxy) is 1. The number of nitrogens with zero attached hydrogens (tertiary/aromatic N) is 1. The lowest BCUT2D eigenvalue weighted by molar-refractivity contribution is -0.137. The average molecular weight is 324 g/mol. The first-order valence-electron chi connectivity index (χ1n) is 8.00. The van der Waals surface area contributed by atoms with Gasteiger partial charge < -0.3 is 15.4 Å². The van der Waals surface area contributed by atoms with Crippen molar-refractivity contribution in [3.05, 3.63) is 29.8 Å². The standard InChI is InChI=1S/C17H22F2N2O2/c1-21(9-10-2-6-13(7-3-10)23-17(18)19)16(22)14-11-4-5-12(8-11)15(14)20/h2-3,6-7,11-12,14-15,17H,4-5,8-9,20H2,1H3. The van der Waals surface area contributed by atoms with Gasteiger partial charge in [-0.05, 0) is 48.8 Å². The number of carbonyl (C=O) groups is 1. The molecule has 126 valence electrons. The van der Waals surface area contributed by atoms with Gasteiger partial charge in [0.05, 0.1) is 5.92 Å². The molecule has 2 aliphatic carbocycles. The summed E-state index contributed by atoms with van der Waals surface area (Å²) in [6, 6.07) is 6.35. The molecule has 2 aliphatic rings. The Morgan fingerprint density at radius 2 is 1.96 bits per heavy atom. The summed E-state index contributed by atoms with van der Waals surface area (Å²) in [5.41, 5.74) is 7.10. The van der Waals surface area contributed by atoms with Crippen LogP contribution >= 0.6 is 0 Å². The van der Waals surface area contributed by atoms with Crippen molar-refractivity contribution in [1.82, 2.24) is 4.90 Å². The molecule has 0 saturated heterocycles. The summed E-state index contributed by atoms with van der Waals surface area (Å²) in [5.74, 6) is 1.06. The lowest BCUT2D eigenvalue weighted by Gasteiger charge is -2.30. The minimum absolute atomic E-state index is 0.0227. The molecule has 2 fully saturated rings. The fourth-order valence-corrected chi connectivity index (χ4v) is 4.08. The number of hydrogen-bond acceptors (Lipinski definition) is 3. The van der Waals surface area contributed by atoms with E-state index >= 15 is 0 Å². The van der Waals surface area contributed by atoms with Gasteiger partial charge in [-0.3, -0.25) is 4.79 Å². The van der Waals surface area contributed by atoms with Gasteiger partial charge in [0.1, 0.15) is 5.75 Å². The highest BCUT2D eigenvalue weighted by molar-refractivity contribution is 5.80. The minimum atomic E-state index is -2.83. The summed E-state index contributed by atoms with van der Waals surface area (Å²) in [4.78, 5) is 14.4. The molecule has 2 bridgehead atoms. The van der Waals surface area contributed by atoms with Crippen LogP contribution in [-0.4, -0.2) is 30.5 Å². The Morgan fingerprint density at radius 1 is 1.30 bits per heavy atom. The first kappa shape index (κ1) is 16.2. The fourth-order valence-electron chi connectivity index (χ4n) is 4.08. The number of fused-ring (bicyclic) bond motifs is 2. The molecular formula is C17H22F2N2O2. The maximum atomic E-state index is 12.7. The van der Waals surface area contributed by atoms with Crippen molar-refractivity contribution >= 4 is 5.91 Å². The molecule has 6 heteroatoms. The van der Waals surface area contributed by atoms with Gasteiger partial charge >= 0.3 is 6.61 Å². The molecule has 4 atom stereocenters. The van der Waals surface area contributed by atoms with Crippen molar-refractivity contribution < 1.29 is 18.3 Å². The van der Waals surface area contributed by atoms with Crippen LogP contribution in [-0.2, 0) is 11.3 Å². The molecular weight excluding hydrogens is 302 g/mol. The molecule has 0 heterocycles. The fraction of sp³-hybridized carbons (Fsp3) is 0.588. The Bertz CT molecular complexity index is 562.